The van der Waals surface area contributed by atoms with Crippen molar-refractivity contribution in [3.63, 3.8) is 0 Å². The van der Waals surface area contributed by atoms with E-state index in [4.69, 9.17) is 9.26 Å². The lowest BCUT2D eigenvalue weighted by atomic mass is 9.79. The second-order valence-electron chi connectivity index (χ2n) is 6.48. The van der Waals surface area contributed by atoms with E-state index in [-0.39, 0.29) is 11.3 Å². The van der Waals surface area contributed by atoms with Crippen LogP contribution in [-0.2, 0) is 16.0 Å². The first kappa shape index (κ1) is 18.0. The molecule has 25 heavy (non-hydrogen) atoms. The Labute approximate surface area is 151 Å². The van der Waals surface area contributed by atoms with E-state index in [9.17, 15) is 4.79 Å². The Morgan fingerprint density at radius 3 is 3.04 bits per heavy atom. The molecular formula is C17H24N4O3S. The van der Waals surface area contributed by atoms with Crippen LogP contribution in [0.25, 0.3) is 11.4 Å². The standard InChI is InChI=1S/C17H24N4O3S/c1-23-12-17(5-7-18-8-6-17)11-19-14(22)2-3-15-20-16(21-24-15)13-4-9-25-10-13/h4,9-10,18H,2-3,5-8,11-12H2,1H3,(H,19,22). The number of hydrogen-bond acceptors (Lipinski definition) is 7. The molecular weight excluding hydrogens is 340 g/mol. The second-order valence-corrected chi connectivity index (χ2v) is 7.26. The largest absolute Gasteiger partial charge is 0.384 e. The monoisotopic (exact) mass is 364 g/mol. The molecule has 1 aliphatic heterocycles. The number of aromatic nitrogens is 2. The number of aryl methyl sites for hydroxylation is 1. The van der Waals surface area contributed by atoms with Gasteiger partial charge in [-0.2, -0.15) is 16.3 Å². The Hall–Kier alpha value is -1.77. The summed E-state index contributed by atoms with van der Waals surface area (Å²) < 4.78 is 10.6. The van der Waals surface area contributed by atoms with Crippen LogP contribution in [0.1, 0.15) is 25.2 Å². The highest BCUT2D eigenvalue weighted by atomic mass is 32.1. The Bertz CT molecular complexity index is 660. The molecule has 0 bridgehead atoms. The number of ether oxygens (including phenoxy) is 1. The fourth-order valence-corrected chi connectivity index (χ4v) is 3.73. The minimum Gasteiger partial charge on any atom is -0.384 e. The number of carbonyl (C=O) groups is 1. The Kier molecular flexibility index (Phi) is 6.17. The zero-order valence-corrected chi connectivity index (χ0v) is 15.2. The SMILES string of the molecule is COCC1(CNC(=O)CCc2nc(-c3ccsc3)no2)CCNCC1. The van der Waals surface area contributed by atoms with E-state index in [1.54, 1.807) is 18.4 Å². The van der Waals surface area contributed by atoms with Crippen LogP contribution < -0.4 is 10.6 Å². The molecule has 2 aromatic heterocycles. The summed E-state index contributed by atoms with van der Waals surface area (Å²) in [5, 5.41) is 14.3. The van der Waals surface area contributed by atoms with Crippen LogP contribution >= 0.6 is 11.3 Å². The smallest absolute Gasteiger partial charge is 0.227 e. The third kappa shape index (κ3) is 4.87. The number of nitrogens with one attached hydrogen (secondary N) is 2. The van der Waals surface area contributed by atoms with Crippen LogP contribution in [-0.4, -0.2) is 49.4 Å². The molecule has 1 aliphatic rings. The number of piperidine rings is 1. The van der Waals surface area contributed by atoms with Crippen LogP contribution in [0.15, 0.2) is 21.3 Å². The first-order valence-corrected chi connectivity index (χ1v) is 9.47. The number of nitrogens with zero attached hydrogens (tertiary/aromatic N) is 2. The molecule has 0 radical (unpaired) electrons. The van der Waals surface area contributed by atoms with Crippen molar-refractivity contribution < 1.29 is 14.1 Å². The summed E-state index contributed by atoms with van der Waals surface area (Å²) >= 11 is 1.59. The zero-order chi connectivity index (χ0) is 17.5. The third-order valence-corrected chi connectivity index (χ3v) is 5.27. The first-order valence-electron chi connectivity index (χ1n) is 8.52. The average Bonchev–Trinajstić information content (AvgIpc) is 3.30. The normalized spacial score (nSPS) is 16.7. The third-order valence-electron chi connectivity index (χ3n) is 4.59. The van der Waals surface area contributed by atoms with Gasteiger partial charge in [0.15, 0.2) is 0 Å². The van der Waals surface area contributed by atoms with Crippen LogP contribution in [0.2, 0.25) is 0 Å². The number of thiophene rings is 1. The summed E-state index contributed by atoms with van der Waals surface area (Å²) in [5.41, 5.74) is 0.976. The van der Waals surface area contributed by atoms with Gasteiger partial charge in [0.2, 0.25) is 17.6 Å². The van der Waals surface area contributed by atoms with Crippen molar-refractivity contribution in [2.75, 3.05) is 33.4 Å². The van der Waals surface area contributed by atoms with E-state index in [1.807, 2.05) is 16.8 Å². The minimum atomic E-state index is 0.00398. The molecule has 0 unspecified atom stereocenters. The van der Waals surface area contributed by atoms with Crippen LogP contribution in [0.5, 0.6) is 0 Å². The summed E-state index contributed by atoms with van der Waals surface area (Å²) in [4.78, 5) is 16.5. The molecule has 0 aromatic carbocycles. The van der Waals surface area contributed by atoms with Gasteiger partial charge < -0.3 is 19.9 Å². The van der Waals surface area contributed by atoms with Gasteiger partial charge in [0.25, 0.3) is 0 Å². The van der Waals surface area contributed by atoms with Gasteiger partial charge in [0, 0.05) is 42.9 Å². The van der Waals surface area contributed by atoms with Gasteiger partial charge in [-0.1, -0.05) is 5.16 Å². The molecule has 8 heteroatoms. The maximum absolute atomic E-state index is 12.2. The predicted octanol–water partition coefficient (Wildman–Crippen LogP) is 1.86. The number of methoxy groups -OCH3 is 1. The van der Waals surface area contributed by atoms with Gasteiger partial charge in [-0.25, -0.2) is 0 Å². The summed E-state index contributed by atoms with van der Waals surface area (Å²) in [6.45, 7) is 3.24. The van der Waals surface area contributed by atoms with E-state index in [2.05, 4.69) is 20.8 Å². The minimum absolute atomic E-state index is 0.00398. The van der Waals surface area contributed by atoms with Gasteiger partial charge in [-0.3, -0.25) is 4.79 Å². The van der Waals surface area contributed by atoms with E-state index in [0.29, 0.717) is 37.7 Å². The van der Waals surface area contributed by atoms with Crippen molar-refractivity contribution in [2.45, 2.75) is 25.7 Å². The highest BCUT2D eigenvalue weighted by Gasteiger charge is 2.32. The Morgan fingerprint density at radius 2 is 2.32 bits per heavy atom. The van der Waals surface area contributed by atoms with Crippen molar-refractivity contribution in [1.29, 1.82) is 0 Å². The Balaban J connectivity index is 1.46. The number of hydrogen-bond donors (Lipinski definition) is 2. The molecule has 0 aliphatic carbocycles. The molecule has 3 heterocycles. The quantitative estimate of drug-likeness (QED) is 0.743. The lowest BCUT2D eigenvalue weighted by Gasteiger charge is -2.37. The van der Waals surface area contributed by atoms with Crippen molar-refractivity contribution in [2.24, 2.45) is 5.41 Å². The summed E-state index contributed by atoms with van der Waals surface area (Å²) in [6, 6.07) is 1.94. The highest BCUT2D eigenvalue weighted by Crippen LogP contribution is 2.28. The van der Waals surface area contributed by atoms with E-state index in [0.717, 1.165) is 31.5 Å². The van der Waals surface area contributed by atoms with Crippen molar-refractivity contribution in [3.8, 4) is 11.4 Å². The second kappa shape index (κ2) is 8.55. The van der Waals surface area contributed by atoms with Gasteiger partial charge in [0.05, 0.1) is 6.61 Å². The lowest BCUT2D eigenvalue weighted by molar-refractivity contribution is -0.122. The average molecular weight is 364 g/mol. The molecule has 1 fully saturated rings. The molecule has 1 saturated heterocycles. The first-order chi connectivity index (χ1) is 12.2. The summed E-state index contributed by atoms with van der Waals surface area (Å²) in [7, 11) is 1.71. The fourth-order valence-electron chi connectivity index (χ4n) is 3.10. The van der Waals surface area contributed by atoms with Crippen molar-refractivity contribution in [1.82, 2.24) is 20.8 Å². The molecule has 7 nitrogen and oxygen atoms in total. The number of amides is 1. The van der Waals surface area contributed by atoms with Gasteiger partial charge >= 0.3 is 0 Å². The number of carbonyl (C=O) groups excluding carboxylic acids is 1. The molecule has 136 valence electrons. The molecule has 1 amide bonds. The van der Waals surface area contributed by atoms with Crippen LogP contribution in [0.4, 0.5) is 0 Å². The maximum Gasteiger partial charge on any atom is 0.227 e. The molecule has 0 saturated carbocycles. The van der Waals surface area contributed by atoms with Gasteiger partial charge in [-0.05, 0) is 37.4 Å². The van der Waals surface area contributed by atoms with Crippen molar-refractivity contribution in [3.05, 3.63) is 22.7 Å². The van der Waals surface area contributed by atoms with E-state index < -0.39 is 0 Å². The van der Waals surface area contributed by atoms with Crippen LogP contribution in [0, 0.1) is 5.41 Å². The van der Waals surface area contributed by atoms with E-state index >= 15 is 0 Å². The molecule has 3 rings (SSSR count). The van der Waals surface area contributed by atoms with E-state index in [1.165, 1.54) is 0 Å². The highest BCUT2D eigenvalue weighted by molar-refractivity contribution is 7.08. The summed E-state index contributed by atoms with van der Waals surface area (Å²) in [6.07, 6.45) is 2.80. The Morgan fingerprint density at radius 1 is 1.48 bits per heavy atom. The van der Waals surface area contributed by atoms with Gasteiger partial charge in [-0.15, -0.1) is 0 Å². The number of rotatable bonds is 8. The molecule has 0 atom stereocenters. The molecule has 0 spiro atoms. The fraction of sp³-hybridized carbons (Fsp3) is 0.588. The zero-order valence-electron chi connectivity index (χ0n) is 14.4. The predicted molar refractivity (Wildman–Crippen MR) is 95.4 cm³/mol. The molecule has 2 N–H and O–H groups in total. The lowest BCUT2D eigenvalue weighted by Crippen LogP contribution is -2.47. The van der Waals surface area contributed by atoms with Gasteiger partial charge in [0.1, 0.15) is 0 Å². The maximum atomic E-state index is 12.2. The topological polar surface area (TPSA) is 89.3 Å². The molecule has 2 aromatic rings. The van der Waals surface area contributed by atoms with Crippen molar-refractivity contribution >= 4 is 17.2 Å². The summed E-state index contributed by atoms with van der Waals surface area (Å²) in [5.74, 6) is 1.07. The van der Waals surface area contributed by atoms with Crippen LogP contribution in [0.3, 0.4) is 0 Å².